The van der Waals surface area contributed by atoms with Gasteiger partial charge in [-0.1, -0.05) is 35.3 Å². The summed E-state index contributed by atoms with van der Waals surface area (Å²) in [6.45, 7) is 5.91. The molecule has 2 heterocycles. The summed E-state index contributed by atoms with van der Waals surface area (Å²) in [7, 11) is 0. The first-order valence-electron chi connectivity index (χ1n) is 11.9. The zero-order chi connectivity index (χ0) is 24.9. The van der Waals surface area contributed by atoms with E-state index >= 15 is 0 Å². The summed E-state index contributed by atoms with van der Waals surface area (Å²) < 4.78 is 2.05. The Morgan fingerprint density at radius 1 is 1.06 bits per heavy atom. The van der Waals surface area contributed by atoms with Gasteiger partial charge in [-0.3, -0.25) is 9.59 Å². The lowest BCUT2D eigenvalue weighted by Gasteiger charge is -2.32. The Morgan fingerprint density at radius 2 is 1.77 bits per heavy atom. The van der Waals surface area contributed by atoms with E-state index in [-0.39, 0.29) is 11.8 Å². The molecule has 1 aromatic heterocycles. The third kappa shape index (κ3) is 6.06. The number of amides is 2. The predicted molar refractivity (Wildman–Crippen MR) is 140 cm³/mol. The van der Waals surface area contributed by atoms with Crippen LogP contribution in [-0.4, -0.2) is 39.4 Å². The Kier molecular flexibility index (Phi) is 8.14. The van der Waals surface area contributed by atoms with Crippen molar-refractivity contribution in [3.63, 3.8) is 0 Å². The van der Waals surface area contributed by atoms with Gasteiger partial charge in [-0.05, 0) is 74.4 Å². The first kappa shape index (κ1) is 25.3. The van der Waals surface area contributed by atoms with E-state index < -0.39 is 0 Å². The van der Waals surface area contributed by atoms with Gasteiger partial charge in [-0.15, -0.1) is 0 Å². The van der Waals surface area contributed by atoms with Crippen molar-refractivity contribution in [3.8, 4) is 0 Å². The predicted octanol–water partition coefficient (Wildman–Crippen LogP) is 6.25. The number of hydrogen-bond acceptors (Lipinski definition) is 3. The van der Waals surface area contributed by atoms with Crippen molar-refractivity contribution < 1.29 is 9.59 Å². The zero-order valence-corrected chi connectivity index (χ0v) is 21.6. The number of rotatable bonds is 7. The van der Waals surface area contributed by atoms with Gasteiger partial charge in [-0.2, -0.15) is 0 Å². The molecule has 8 heteroatoms. The maximum absolute atomic E-state index is 13.0. The van der Waals surface area contributed by atoms with E-state index in [0.29, 0.717) is 41.0 Å². The van der Waals surface area contributed by atoms with Gasteiger partial charge in [0, 0.05) is 49.2 Å². The number of nitrogens with one attached hydrogen (secondary N) is 1. The molecule has 0 spiro atoms. The molecule has 0 aliphatic carbocycles. The number of likely N-dealkylation sites (tertiary alicyclic amines) is 1. The standard InChI is InChI=1S/C27H30Cl2N4O2/c1-18-24(28)10-9-23(26(18)29)27(35)33-15-11-21(12-16-33)20-5-7-22(8-6-20)31-25(34)4-3-14-32-17-13-30-19(32)2/h5-10,13,17,21H,3-4,11-12,14-16H2,1-2H3,(H,31,34). The first-order valence-corrected chi connectivity index (χ1v) is 12.7. The molecule has 0 bridgehead atoms. The third-order valence-electron chi connectivity index (χ3n) is 6.73. The van der Waals surface area contributed by atoms with Crippen molar-refractivity contribution in [2.24, 2.45) is 0 Å². The molecule has 1 aliphatic rings. The third-order valence-corrected chi connectivity index (χ3v) is 7.62. The highest BCUT2D eigenvalue weighted by molar-refractivity contribution is 6.38. The molecule has 35 heavy (non-hydrogen) atoms. The van der Waals surface area contributed by atoms with E-state index in [2.05, 4.69) is 22.4 Å². The average Bonchev–Trinajstić information content (AvgIpc) is 3.27. The summed E-state index contributed by atoms with van der Waals surface area (Å²) in [6, 6.07) is 11.5. The molecule has 0 saturated carbocycles. The summed E-state index contributed by atoms with van der Waals surface area (Å²) in [5.74, 6) is 1.30. The lowest BCUT2D eigenvalue weighted by molar-refractivity contribution is -0.116. The van der Waals surface area contributed by atoms with Crippen LogP contribution < -0.4 is 5.32 Å². The van der Waals surface area contributed by atoms with E-state index in [1.807, 2.05) is 41.6 Å². The van der Waals surface area contributed by atoms with Gasteiger partial charge in [0.05, 0.1) is 10.6 Å². The minimum atomic E-state index is -0.0468. The van der Waals surface area contributed by atoms with E-state index in [9.17, 15) is 9.59 Å². The molecule has 4 rings (SSSR count). The number of nitrogens with zero attached hydrogens (tertiary/aromatic N) is 3. The van der Waals surface area contributed by atoms with Gasteiger partial charge >= 0.3 is 0 Å². The zero-order valence-electron chi connectivity index (χ0n) is 20.1. The Labute approximate surface area is 216 Å². The molecule has 0 radical (unpaired) electrons. The molecule has 2 aromatic carbocycles. The molecule has 6 nitrogen and oxygen atoms in total. The van der Waals surface area contributed by atoms with E-state index in [0.717, 1.165) is 42.9 Å². The Morgan fingerprint density at radius 3 is 2.43 bits per heavy atom. The van der Waals surface area contributed by atoms with E-state index in [1.54, 1.807) is 18.3 Å². The van der Waals surface area contributed by atoms with Gasteiger partial charge in [0.15, 0.2) is 0 Å². The summed E-state index contributed by atoms with van der Waals surface area (Å²) in [4.78, 5) is 31.4. The van der Waals surface area contributed by atoms with Crippen LogP contribution in [0.25, 0.3) is 0 Å². The van der Waals surface area contributed by atoms with Crippen LogP contribution in [0.2, 0.25) is 10.0 Å². The number of piperidine rings is 1. The fourth-order valence-electron chi connectivity index (χ4n) is 4.53. The van der Waals surface area contributed by atoms with E-state index in [1.165, 1.54) is 5.56 Å². The average molecular weight is 513 g/mol. The van der Waals surface area contributed by atoms with Crippen molar-refractivity contribution in [2.75, 3.05) is 18.4 Å². The number of carbonyl (C=O) groups is 2. The van der Waals surface area contributed by atoms with Gasteiger partial charge < -0.3 is 14.8 Å². The maximum atomic E-state index is 13.0. The first-order chi connectivity index (χ1) is 16.8. The lowest BCUT2D eigenvalue weighted by Crippen LogP contribution is -2.38. The van der Waals surface area contributed by atoms with Crippen molar-refractivity contribution in [1.82, 2.24) is 14.5 Å². The van der Waals surface area contributed by atoms with Gasteiger partial charge in [0.25, 0.3) is 5.91 Å². The number of halogens is 2. The smallest absolute Gasteiger partial charge is 0.255 e. The van der Waals surface area contributed by atoms with E-state index in [4.69, 9.17) is 23.2 Å². The fraction of sp³-hybridized carbons (Fsp3) is 0.370. The second kappa shape index (κ2) is 11.3. The van der Waals surface area contributed by atoms with Crippen LogP contribution in [0.3, 0.4) is 0 Å². The number of anilines is 1. The maximum Gasteiger partial charge on any atom is 0.255 e. The van der Waals surface area contributed by atoms with Crippen LogP contribution in [0.5, 0.6) is 0 Å². The summed E-state index contributed by atoms with van der Waals surface area (Å²) >= 11 is 12.5. The van der Waals surface area contributed by atoms with Crippen LogP contribution in [0.4, 0.5) is 5.69 Å². The molecule has 3 aromatic rings. The summed E-state index contributed by atoms with van der Waals surface area (Å²) in [6.07, 6.45) is 6.70. The summed E-state index contributed by atoms with van der Waals surface area (Å²) in [5.41, 5.74) is 3.27. The monoisotopic (exact) mass is 512 g/mol. The number of benzene rings is 2. The summed E-state index contributed by atoms with van der Waals surface area (Å²) in [5, 5.41) is 3.98. The van der Waals surface area contributed by atoms with Gasteiger partial charge in [-0.25, -0.2) is 4.98 Å². The SMILES string of the molecule is Cc1c(Cl)ccc(C(=O)N2CCC(c3ccc(NC(=O)CCCn4ccnc4C)cc3)CC2)c1Cl. The van der Waals surface area contributed by atoms with Crippen LogP contribution in [0, 0.1) is 13.8 Å². The number of imidazole rings is 1. The highest BCUT2D eigenvalue weighted by atomic mass is 35.5. The van der Waals surface area contributed by atoms with Crippen molar-refractivity contribution in [3.05, 3.63) is 81.4 Å². The quantitative estimate of drug-likeness (QED) is 0.407. The second-order valence-corrected chi connectivity index (χ2v) is 9.83. The van der Waals surface area contributed by atoms with Crippen molar-refractivity contribution in [1.29, 1.82) is 0 Å². The minimum absolute atomic E-state index is 0.0124. The number of aryl methyl sites for hydroxylation is 2. The van der Waals surface area contributed by atoms with Gasteiger partial charge in [0.2, 0.25) is 5.91 Å². The normalized spacial score (nSPS) is 14.2. The van der Waals surface area contributed by atoms with Crippen LogP contribution in [-0.2, 0) is 11.3 Å². The Balaban J connectivity index is 1.26. The van der Waals surface area contributed by atoms with Crippen molar-refractivity contribution >= 4 is 40.7 Å². The topological polar surface area (TPSA) is 67.2 Å². The molecule has 1 fully saturated rings. The molecule has 184 valence electrons. The lowest BCUT2D eigenvalue weighted by atomic mass is 9.89. The Bertz CT molecular complexity index is 1200. The molecule has 1 aliphatic heterocycles. The number of hydrogen-bond donors (Lipinski definition) is 1. The van der Waals surface area contributed by atoms with Gasteiger partial charge in [0.1, 0.15) is 5.82 Å². The molecule has 1 N–H and O–H groups in total. The van der Waals surface area contributed by atoms with Crippen molar-refractivity contribution in [2.45, 2.75) is 52.0 Å². The Hall–Kier alpha value is -2.83. The number of aromatic nitrogens is 2. The van der Waals surface area contributed by atoms with Crippen LogP contribution >= 0.6 is 23.2 Å². The highest BCUT2D eigenvalue weighted by Crippen LogP contribution is 2.32. The molecule has 1 saturated heterocycles. The molecule has 0 unspecified atom stereocenters. The molecular weight excluding hydrogens is 483 g/mol. The largest absolute Gasteiger partial charge is 0.339 e. The fourth-order valence-corrected chi connectivity index (χ4v) is 4.98. The second-order valence-electron chi connectivity index (χ2n) is 9.04. The number of carbonyl (C=O) groups excluding carboxylic acids is 2. The highest BCUT2D eigenvalue weighted by Gasteiger charge is 2.26. The van der Waals surface area contributed by atoms with Crippen LogP contribution in [0.15, 0.2) is 48.8 Å². The molecule has 2 amide bonds. The minimum Gasteiger partial charge on any atom is -0.339 e. The van der Waals surface area contributed by atoms with Crippen LogP contribution in [0.1, 0.15) is 58.9 Å². The molecular formula is C27H30Cl2N4O2. The molecule has 0 atom stereocenters.